The molecule has 0 amide bonds. The van der Waals surface area contributed by atoms with E-state index in [-0.39, 0.29) is 0 Å². The van der Waals surface area contributed by atoms with Gasteiger partial charge in [-0.15, -0.1) is 5.10 Å². The van der Waals surface area contributed by atoms with Crippen LogP contribution in [-0.2, 0) is 6.42 Å². The average molecular weight is 293 g/mol. The second-order valence-electron chi connectivity index (χ2n) is 4.81. The Morgan fingerprint density at radius 3 is 2.45 bits per heavy atom. The molecule has 0 aliphatic heterocycles. The first-order valence-electron chi connectivity index (χ1n) is 6.90. The van der Waals surface area contributed by atoms with Gasteiger partial charge in [0.25, 0.3) is 0 Å². The lowest BCUT2D eigenvalue weighted by Gasteiger charge is -2.08. The van der Waals surface area contributed by atoms with Crippen LogP contribution < -0.4 is 4.74 Å². The highest BCUT2D eigenvalue weighted by molar-refractivity contribution is 5.73. The van der Waals surface area contributed by atoms with Crippen LogP contribution in [0.5, 0.6) is 5.75 Å². The standard InChI is InChI=1S/C17H15N3O2/c1-22-15-9-7-14(8-10-15)20-17(16(12-21)18-19-20)11-13-5-3-2-4-6-13/h2-10,12H,11H2,1H3. The summed E-state index contributed by atoms with van der Waals surface area (Å²) in [6.07, 6.45) is 1.33. The number of carbonyl (C=O) groups excluding carboxylic acids is 1. The molecule has 0 saturated heterocycles. The van der Waals surface area contributed by atoms with Crippen LogP contribution in [0.25, 0.3) is 5.69 Å². The number of aldehydes is 1. The van der Waals surface area contributed by atoms with E-state index in [1.54, 1.807) is 11.8 Å². The maximum absolute atomic E-state index is 11.2. The lowest BCUT2D eigenvalue weighted by molar-refractivity contribution is 0.111. The molecule has 0 unspecified atom stereocenters. The van der Waals surface area contributed by atoms with Gasteiger partial charge in [0.2, 0.25) is 0 Å². The van der Waals surface area contributed by atoms with Crippen LogP contribution in [0.2, 0.25) is 0 Å². The van der Waals surface area contributed by atoms with E-state index in [2.05, 4.69) is 10.3 Å². The first-order valence-corrected chi connectivity index (χ1v) is 6.90. The molecule has 3 rings (SSSR count). The minimum absolute atomic E-state index is 0.361. The van der Waals surface area contributed by atoms with Crippen molar-refractivity contribution in [2.24, 2.45) is 0 Å². The van der Waals surface area contributed by atoms with Crippen molar-refractivity contribution in [3.63, 3.8) is 0 Å². The van der Waals surface area contributed by atoms with E-state index in [4.69, 9.17) is 4.74 Å². The van der Waals surface area contributed by atoms with Crippen molar-refractivity contribution in [2.75, 3.05) is 7.11 Å². The van der Waals surface area contributed by atoms with Gasteiger partial charge in [-0.3, -0.25) is 4.79 Å². The third kappa shape index (κ3) is 2.74. The van der Waals surface area contributed by atoms with Gasteiger partial charge in [0, 0.05) is 6.42 Å². The summed E-state index contributed by atoms with van der Waals surface area (Å²) in [5, 5.41) is 8.07. The molecule has 0 aliphatic carbocycles. The van der Waals surface area contributed by atoms with E-state index in [0.717, 1.165) is 29.0 Å². The van der Waals surface area contributed by atoms with Crippen LogP contribution in [0, 0.1) is 0 Å². The highest BCUT2D eigenvalue weighted by Crippen LogP contribution is 2.19. The van der Waals surface area contributed by atoms with Crippen molar-refractivity contribution < 1.29 is 9.53 Å². The van der Waals surface area contributed by atoms with E-state index in [0.29, 0.717) is 12.1 Å². The normalized spacial score (nSPS) is 10.4. The van der Waals surface area contributed by atoms with E-state index in [1.807, 2.05) is 54.6 Å². The zero-order valence-corrected chi connectivity index (χ0v) is 12.1. The van der Waals surface area contributed by atoms with Crippen LogP contribution in [0.1, 0.15) is 21.7 Å². The van der Waals surface area contributed by atoms with Gasteiger partial charge in [0.05, 0.1) is 18.5 Å². The summed E-state index contributed by atoms with van der Waals surface area (Å²) < 4.78 is 6.85. The fourth-order valence-corrected chi connectivity index (χ4v) is 2.29. The van der Waals surface area contributed by atoms with Crippen molar-refractivity contribution in [2.45, 2.75) is 6.42 Å². The topological polar surface area (TPSA) is 57.0 Å². The number of nitrogens with zero attached hydrogens (tertiary/aromatic N) is 3. The summed E-state index contributed by atoms with van der Waals surface area (Å²) in [4.78, 5) is 11.2. The highest BCUT2D eigenvalue weighted by atomic mass is 16.5. The van der Waals surface area contributed by atoms with Gasteiger partial charge in [0.1, 0.15) is 11.4 Å². The molecular weight excluding hydrogens is 278 g/mol. The van der Waals surface area contributed by atoms with E-state index >= 15 is 0 Å². The Balaban J connectivity index is 2.00. The largest absolute Gasteiger partial charge is 0.497 e. The molecule has 0 N–H and O–H groups in total. The monoisotopic (exact) mass is 293 g/mol. The molecule has 0 spiro atoms. The molecule has 0 atom stereocenters. The quantitative estimate of drug-likeness (QED) is 0.679. The Labute approximate surface area is 128 Å². The summed E-state index contributed by atoms with van der Waals surface area (Å²) in [6, 6.07) is 17.4. The number of methoxy groups -OCH3 is 1. The first-order chi connectivity index (χ1) is 10.8. The minimum atomic E-state index is 0.361. The van der Waals surface area contributed by atoms with E-state index in [1.165, 1.54) is 0 Å². The van der Waals surface area contributed by atoms with Gasteiger partial charge < -0.3 is 4.74 Å². The summed E-state index contributed by atoms with van der Waals surface area (Å²) in [7, 11) is 1.62. The van der Waals surface area contributed by atoms with Gasteiger partial charge in [-0.1, -0.05) is 35.5 Å². The second-order valence-corrected chi connectivity index (χ2v) is 4.81. The summed E-state index contributed by atoms with van der Waals surface area (Å²) >= 11 is 0. The molecular formula is C17H15N3O2. The van der Waals surface area contributed by atoms with Crippen LogP contribution in [-0.4, -0.2) is 28.4 Å². The third-order valence-electron chi connectivity index (χ3n) is 3.44. The number of hydrogen-bond donors (Lipinski definition) is 0. The number of hydrogen-bond acceptors (Lipinski definition) is 4. The Bertz CT molecular complexity index is 764. The zero-order valence-electron chi connectivity index (χ0n) is 12.1. The highest BCUT2D eigenvalue weighted by Gasteiger charge is 2.14. The molecule has 110 valence electrons. The SMILES string of the molecule is COc1ccc(-n2nnc(C=O)c2Cc2ccccc2)cc1. The first kappa shape index (κ1) is 14.0. The molecule has 5 heteroatoms. The number of benzene rings is 2. The van der Waals surface area contributed by atoms with Gasteiger partial charge in [0.15, 0.2) is 6.29 Å². The minimum Gasteiger partial charge on any atom is -0.497 e. The van der Waals surface area contributed by atoms with Gasteiger partial charge in [-0.2, -0.15) is 0 Å². The van der Waals surface area contributed by atoms with Crippen molar-refractivity contribution in [1.29, 1.82) is 0 Å². The molecule has 0 radical (unpaired) electrons. The predicted octanol–water partition coefficient (Wildman–Crippen LogP) is 2.68. The number of aromatic nitrogens is 3. The molecule has 1 heterocycles. The van der Waals surface area contributed by atoms with Gasteiger partial charge in [-0.05, 0) is 29.8 Å². The average Bonchev–Trinajstić information content (AvgIpc) is 2.98. The maximum atomic E-state index is 11.2. The second kappa shape index (κ2) is 6.22. The van der Waals surface area contributed by atoms with Gasteiger partial charge >= 0.3 is 0 Å². The Morgan fingerprint density at radius 2 is 1.82 bits per heavy atom. The summed E-state index contributed by atoms with van der Waals surface area (Å²) in [6.45, 7) is 0. The maximum Gasteiger partial charge on any atom is 0.172 e. The lowest BCUT2D eigenvalue weighted by atomic mass is 10.1. The van der Waals surface area contributed by atoms with Gasteiger partial charge in [-0.25, -0.2) is 4.68 Å². The molecule has 2 aromatic carbocycles. The van der Waals surface area contributed by atoms with Crippen LogP contribution in [0.3, 0.4) is 0 Å². The summed E-state index contributed by atoms with van der Waals surface area (Å²) in [5.74, 6) is 0.768. The fourth-order valence-electron chi connectivity index (χ4n) is 2.29. The molecule has 5 nitrogen and oxygen atoms in total. The lowest BCUT2D eigenvalue weighted by Crippen LogP contribution is -2.04. The third-order valence-corrected chi connectivity index (χ3v) is 3.44. The molecule has 0 fully saturated rings. The predicted molar refractivity (Wildman–Crippen MR) is 82.5 cm³/mol. The molecule has 3 aromatic rings. The van der Waals surface area contributed by atoms with Crippen molar-refractivity contribution in [3.05, 3.63) is 71.5 Å². The number of carbonyl (C=O) groups is 1. The van der Waals surface area contributed by atoms with Crippen LogP contribution in [0.15, 0.2) is 54.6 Å². The van der Waals surface area contributed by atoms with Crippen molar-refractivity contribution >= 4 is 6.29 Å². The van der Waals surface area contributed by atoms with Crippen LogP contribution >= 0.6 is 0 Å². The van der Waals surface area contributed by atoms with Crippen molar-refractivity contribution in [1.82, 2.24) is 15.0 Å². The molecule has 0 aliphatic rings. The van der Waals surface area contributed by atoms with E-state index < -0.39 is 0 Å². The Kier molecular flexibility index (Phi) is 3.96. The molecule has 1 aromatic heterocycles. The number of ether oxygens (including phenoxy) is 1. The number of rotatable bonds is 5. The molecule has 0 saturated carbocycles. The Morgan fingerprint density at radius 1 is 1.09 bits per heavy atom. The smallest absolute Gasteiger partial charge is 0.172 e. The van der Waals surface area contributed by atoms with Crippen LogP contribution in [0.4, 0.5) is 0 Å². The fraction of sp³-hybridized carbons (Fsp3) is 0.118. The molecule has 22 heavy (non-hydrogen) atoms. The summed E-state index contributed by atoms with van der Waals surface area (Å²) in [5.41, 5.74) is 3.07. The van der Waals surface area contributed by atoms with E-state index in [9.17, 15) is 4.79 Å². The molecule has 0 bridgehead atoms. The van der Waals surface area contributed by atoms with Crippen molar-refractivity contribution in [3.8, 4) is 11.4 Å². The Hall–Kier alpha value is -2.95. The zero-order chi connectivity index (χ0) is 15.4.